The van der Waals surface area contributed by atoms with E-state index in [4.69, 9.17) is 4.98 Å². The lowest BCUT2D eigenvalue weighted by Crippen LogP contribution is -2.32. The van der Waals surface area contributed by atoms with Crippen molar-refractivity contribution in [3.63, 3.8) is 0 Å². The third kappa shape index (κ3) is 6.06. The van der Waals surface area contributed by atoms with Gasteiger partial charge in [-0.3, -0.25) is 9.69 Å². The maximum absolute atomic E-state index is 13.8. The molecule has 0 aliphatic rings. The van der Waals surface area contributed by atoms with Gasteiger partial charge in [-0.1, -0.05) is 68.0 Å². The van der Waals surface area contributed by atoms with Crippen LogP contribution in [0.5, 0.6) is 0 Å². The van der Waals surface area contributed by atoms with Crippen molar-refractivity contribution in [1.82, 2.24) is 9.29 Å². The SMILES string of the molecule is CCCCN(CC)S(=O)(=O)c1ccc(C(=O)N(Cc2ccccc2)c2nc3c(SC)cccc3s2)cc1. The number of unbranched alkanes of at least 4 members (excludes halogenated alkanes) is 1. The fourth-order valence-corrected chi connectivity index (χ4v) is 7.15. The smallest absolute Gasteiger partial charge is 0.260 e. The van der Waals surface area contributed by atoms with E-state index >= 15 is 0 Å². The number of rotatable bonds is 11. The number of anilines is 1. The number of hydrogen-bond donors (Lipinski definition) is 0. The lowest BCUT2D eigenvalue weighted by molar-refractivity contribution is 0.0985. The van der Waals surface area contributed by atoms with Crippen LogP contribution in [-0.4, -0.2) is 43.0 Å². The minimum absolute atomic E-state index is 0.196. The third-order valence-corrected chi connectivity index (χ3v) is 9.90. The largest absolute Gasteiger partial charge is 0.279 e. The Kier molecular flexibility index (Phi) is 9.02. The van der Waals surface area contributed by atoms with Crippen LogP contribution in [0.15, 0.2) is 82.6 Å². The summed E-state index contributed by atoms with van der Waals surface area (Å²) in [6.07, 6.45) is 3.73. The fourth-order valence-electron chi connectivity index (χ4n) is 4.04. The zero-order valence-corrected chi connectivity index (χ0v) is 23.7. The molecule has 194 valence electrons. The maximum Gasteiger partial charge on any atom is 0.260 e. The number of aromatic nitrogens is 1. The lowest BCUT2D eigenvalue weighted by Gasteiger charge is -2.22. The Balaban J connectivity index is 1.68. The number of fused-ring (bicyclic) bond motifs is 1. The van der Waals surface area contributed by atoms with Crippen LogP contribution in [0.2, 0.25) is 0 Å². The third-order valence-electron chi connectivity index (χ3n) is 6.10. The summed E-state index contributed by atoms with van der Waals surface area (Å²) in [6.45, 7) is 5.12. The van der Waals surface area contributed by atoms with Crippen LogP contribution >= 0.6 is 23.1 Å². The number of para-hydroxylation sites is 1. The second-order valence-electron chi connectivity index (χ2n) is 8.55. The number of nitrogens with zero attached hydrogens (tertiary/aromatic N) is 3. The normalized spacial score (nSPS) is 11.8. The van der Waals surface area contributed by atoms with Gasteiger partial charge in [-0.15, -0.1) is 11.8 Å². The Hall–Kier alpha value is -2.72. The van der Waals surface area contributed by atoms with Crippen LogP contribution in [0.25, 0.3) is 10.2 Å². The minimum Gasteiger partial charge on any atom is -0.279 e. The molecule has 0 fully saturated rings. The number of thioether (sulfide) groups is 1. The van der Waals surface area contributed by atoms with Crippen molar-refractivity contribution < 1.29 is 13.2 Å². The molecule has 0 aliphatic heterocycles. The number of thiazole rings is 1. The van der Waals surface area contributed by atoms with Crippen molar-refractivity contribution in [2.45, 2.75) is 43.0 Å². The van der Waals surface area contributed by atoms with Crippen LogP contribution in [-0.2, 0) is 16.6 Å². The molecule has 6 nitrogen and oxygen atoms in total. The van der Waals surface area contributed by atoms with E-state index in [2.05, 4.69) is 0 Å². The molecule has 4 aromatic rings. The summed E-state index contributed by atoms with van der Waals surface area (Å²) in [5.74, 6) is -0.226. The van der Waals surface area contributed by atoms with Crippen LogP contribution in [0.3, 0.4) is 0 Å². The second-order valence-corrected chi connectivity index (χ2v) is 12.4. The number of benzene rings is 3. The predicted octanol–water partition coefficient (Wildman–Crippen LogP) is 6.68. The van der Waals surface area contributed by atoms with E-state index in [1.54, 1.807) is 28.8 Å². The molecule has 3 aromatic carbocycles. The monoisotopic (exact) mass is 553 g/mol. The molecule has 4 rings (SSSR count). The van der Waals surface area contributed by atoms with Crippen molar-refractivity contribution in [3.05, 3.63) is 83.9 Å². The molecule has 9 heteroatoms. The first-order valence-electron chi connectivity index (χ1n) is 12.3. The molecular weight excluding hydrogens is 523 g/mol. The van der Waals surface area contributed by atoms with Crippen molar-refractivity contribution in [2.75, 3.05) is 24.2 Å². The highest BCUT2D eigenvalue weighted by molar-refractivity contribution is 7.98. The van der Waals surface area contributed by atoms with Crippen molar-refractivity contribution in [3.8, 4) is 0 Å². The van der Waals surface area contributed by atoms with Crippen LogP contribution < -0.4 is 4.90 Å². The van der Waals surface area contributed by atoms with Crippen LogP contribution in [0.4, 0.5) is 5.13 Å². The average molecular weight is 554 g/mol. The lowest BCUT2D eigenvalue weighted by atomic mass is 10.1. The molecule has 0 saturated carbocycles. The van der Waals surface area contributed by atoms with Gasteiger partial charge < -0.3 is 0 Å². The molecule has 0 aliphatic carbocycles. The summed E-state index contributed by atoms with van der Waals surface area (Å²) in [6, 6.07) is 22.1. The summed E-state index contributed by atoms with van der Waals surface area (Å²) in [4.78, 5) is 21.6. The standard InChI is InChI=1S/C28H31N3O3S3/c1-4-6-19-30(5-2)37(33,34)23-17-15-22(16-18-23)27(32)31(20-21-11-8-7-9-12-21)28-29-26-24(35-3)13-10-14-25(26)36-28/h7-18H,4-6,19-20H2,1-3H3. The van der Waals surface area contributed by atoms with Gasteiger partial charge in [0.05, 0.1) is 21.7 Å². The first kappa shape index (κ1) is 27.3. The zero-order valence-electron chi connectivity index (χ0n) is 21.3. The summed E-state index contributed by atoms with van der Waals surface area (Å²) in [5.41, 5.74) is 2.28. The van der Waals surface area contributed by atoms with Gasteiger partial charge in [0.2, 0.25) is 10.0 Å². The number of carbonyl (C=O) groups is 1. The Morgan fingerprint density at radius 3 is 2.35 bits per heavy atom. The molecule has 0 unspecified atom stereocenters. The quantitative estimate of drug-likeness (QED) is 0.194. The molecule has 0 N–H and O–H groups in total. The van der Waals surface area contributed by atoms with Gasteiger partial charge in [0.15, 0.2) is 5.13 Å². The zero-order chi connectivity index (χ0) is 26.4. The van der Waals surface area contributed by atoms with Gasteiger partial charge in [-0.05, 0) is 54.6 Å². The molecule has 1 aromatic heterocycles. The summed E-state index contributed by atoms with van der Waals surface area (Å²) in [7, 11) is -3.62. The summed E-state index contributed by atoms with van der Waals surface area (Å²) < 4.78 is 28.8. The highest BCUT2D eigenvalue weighted by Crippen LogP contribution is 2.35. The topological polar surface area (TPSA) is 70.6 Å². The highest BCUT2D eigenvalue weighted by atomic mass is 32.2. The highest BCUT2D eigenvalue weighted by Gasteiger charge is 2.25. The molecule has 0 bridgehead atoms. The Bertz CT molecular complexity index is 1450. The van der Waals surface area contributed by atoms with E-state index in [0.717, 1.165) is 33.5 Å². The molecular formula is C28H31N3O3S3. The first-order chi connectivity index (χ1) is 17.9. The van der Waals surface area contributed by atoms with Gasteiger partial charge >= 0.3 is 0 Å². The molecule has 1 heterocycles. The summed E-state index contributed by atoms with van der Waals surface area (Å²) in [5, 5.41) is 0.610. The van der Waals surface area contributed by atoms with E-state index < -0.39 is 10.0 Å². The predicted molar refractivity (Wildman–Crippen MR) is 154 cm³/mol. The minimum atomic E-state index is -3.62. The van der Waals surface area contributed by atoms with E-state index in [-0.39, 0.29) is 10.8 Å². The van der Waals surface area contributed by atoms with Crippen LogP contribution in [0, 0.1) is 0 Å². The fraction of sp³-hybridized carbons (Fsp3) is 0.286. The van der Waals surface area contributed by atoms with Crippen molar-refractivity contribution in [1.29, 1.82) is 0 Å². The van der Waals surface area contributed by atoms with Gasteiger partial charge in [0, 0.05) is 23.5 Å². The van der Waals surface area contributed by atoms with Gasteiger partial charge in [-0.2, -0.15) is 4.31 Å². The molecule has 0 radical (unpaired) electrons. The molecule has 0 spiro atoms. The number of amides is 1. The van der Waals surface area contributed by atoms with E-state index in [9.17, 15) is 13.2 Å². The van der Waals surface area contributed by atoms with E-state index in [1.165, 1.54) is 27.8 Å². The Labute approximate surface area is 227 Å². The van der Waals surface area contributed by atoms with Gasteiger partial charge in [-0.25, -0.2) is 13.4 Å². The number of carbonyl (C=O) groups excluding carboxylic acids is 1. The van der Waals surface area contributed by atoms with Crippen molar-refractivity contribution in [2.24, 2.45) is 0 Å². The van der Waals surface area contributed by atoms with E-state index in [1.807, 2.05) is 68.6 Å². The second kappa shape index (κ2) is 12.2. The molecule has 37 heavy (non-hydrogen) atoms. The maximum atomic E-state index is 13.8. The molecule has 1 amide bonds. The first-order valence-corrected chi connectivity index (χ1v) is 15.8. The van der Waals surface area contributed by atoms with Gasteiger partial charge in [0.25, 0.3) is 5.91 Å². The number of hydrogen-bond acceptors (Lipinski definition) is 6. The molecule has 0 atom stereocenters. The van der Waals surface area contributed by atoms with Crippen molar-refractivity contribution >= 4 is 54.4 Å². The molecule has 0 saturated heterocycles. The summed E-state index contributed by atoms with van der Waals surface area (Å²) >= 11 is 3.10. The average Bonchev–Trinajstić information content (AvgIpc) is 3.36. The Morgan fingerprint density at radius 2 is 1.70 bits per heavy atom. The Morgan fingerprint density at radius 1 is 0.973 bits per heavy atom. The van der Waals surface area contributed by atoms with Crippen LogP contribution in [0.1, 0.15) is 42.6 Å². The van der Waals surface area contributed by atoms with E-state index in [0.29, 0.717) is 30.3 Å². The number of sulfonamides is 1. The van der Waals surface area contributed by atoms with Gasteiger partial charge in [0.1, 0.15) is 0 Å².